The zero-order valence-corrected chi connectivity index (χ0v) is 8.18. The predicted molar refractivity (Wildman–Crippen MR) is 49.9 cm³/mol. The molecule has 1 nitrogen and oxygen atoms in total. The van der Waals surface area contributed by atoms with E-state index in [0.29, 0.717) is 0 Å². The number of rotatable bonds is 3. The molecule has 14 heavy (non-hydrogen) atoms. The van der Waals surface area contributed by atoms with Gasteiger partial charge in [0.15, 0.2) is 11.6 Å². The van der Waals surface area contributed by atoms with Crippen LogP contribution in [0.25, 0.3) is 0 Å². The zero-order chi connectivity index (χ0) is 10.7. The first kappa shape index (κ1) is 10.8. The Bertz CT molecular complexity index is 347. The van der Waals surface area contributed by atoms with Crippen molar-refractivity contribution in [1.29, 1.82) is 0 Å². The molecule has 0 heterocycles. The molecular weight excluding hydrogens is 186 g/mol. The van der Waals surface area contributed by atoms with Crippen LogP contribution in [0, 0.1) is 17.6 Å². The summed E-state index contributed by atoms with van der Waals surface area (Å²) in [5.74, 6) is -2.00. The van der Waals surface area contributed by atoms with Crippen LogP contribution in [0.15, 0.2) is 18.2 Å². The number of benzene rings is 1. The number of carbonyl (C=O) groups is 1. The summed E-state index contributed by atoms with van der Waals surface area (Å²) >= 11 is 0. The van der Waals surface area contributed by atoms with E-state index < -0.39 is 11.6 Å². The van der Waals surface area contributed by atoms with E-state index in [4.69, 9.17) is 0 Å². The van der Waals surface area contributed by atoms with Crippen molar-refractivity contribution < 1.29 is 13.6 Å². The molecule has 0 saturated heterocycles. The Morgan fingerprint density at radius 1 is 1.43 bits per heavy atom. The molecule has 0 amide bonds. The fourth-order valence-corrected chi connectivity index (χ4v) is 1.18. The lowest BCUT2D eigenvalue weighted by Crippen LogP contribution is -2.11. The highest BCUT2D eigenvalue weighted by Crippen LogP contribution is 2.15. The van der Waals surface area contributed by atoms with Crippen LogP contribution >= 0.6 is 0 Å². The van der Waals surface area contributed by atoms with Crippen molar-refractivity contribution in [3.63, 3.8) is 0 Å². The van der Waals surface area contributed by atoms with Crippen molar-refractivity contribution >= 4 is 5.78 Å². The smallest absolute Gasteiger partial charge is 0.162 e. The predicted octanol–water partition coefficient (Wildman–Crippen LogP) is 2.73. The van der Waals surface area contributed by atoms with E-state index in [-0.39, 0.29) is 23.7 Å². The van der Waals surface area contributed by atoms with Crippen molar-refractivity contribution in [1.82, 2.24) is 0 Å². The monoisotopic (exact) mass is 198 g/mol. The van der Waals surface area contributed by atoms with Crippen LogP contribution in [-0.2, 0) is 11.2 Å². The Kier molecular flexibility index (Phi) is 3.33. The van der Waals surface area contributed by atoms with Gasteiger partial charge in [0, 0.05) is 5.92 Å². The number of halogens is 2. The van der Waals surface area contributed by atoms with Crippen molar-refractivity contribution in [2.45, 2.75) is 20.3 Å². The molecule has 1 atom stereocenters. The minimum absolute atomic E-state index is 0.0198. The molecule has 0 aliphatic rings. The Labute approximate surface area is 81.7 Å². The number of Topliss-reactive ketones (excluding diaryl/α,β-unsaturated/α-hetero) is 1. The van der Waals surface area contributed by atoms with E-state index in [9.17, 15) is 13.6 Å². The minimum Gasteiger partial charge on any atom is -0.300 e. The Morgan fingerprint density at radius 3 is 2.64 bits per heavy atom. The second-order valence-electron chi connectivity index (χ2n) is 3.43. The van der Waals surface area contributed by atoms with Gasteiger partial charge in [-0.05, 0) is 25.0 Å². The molecule has 0 aliphatic heterocycles. The molecule has 3 heteroatoms. The fraction of sp³-hybridized carbons (Fsp3) is 0.364. The van der Waals surface area contributed by atoms with Gasteiger partial charge in [-0.25, -0.2) is 8.78 Å². The molecule has 1 unspecified atom stereocenters. The molecule has 0 spiro atoms. The van der Waals surface area contributed by atoms with E-state index in [2.05, 4.69) is 0 Å². The first-order valence-electron chi connectivity index (χ1n) is 4.45. The van der Waals surface area contributed by atoms with Crippen LogP contribution in [0.2, 0.25) is 0 Å². The van der Waals surface area contributed by atoms with E-state index in [1.165, 1.54) is 19.1 Å². The van der Waals surface area contributed by atoms with Crippen molar-refractivity contribution in [2.24, 2.45) is 5.92 Å². The number of ketones is 1. The van der Waals surface area contributed by atoms with E-state index in [0.717, 1.165) is 6.07 Å². The Balaban J connectivity index is 2.87. The average Bonchev–Trinajstić information content (AvgIpc) is 2.12. The Hall–Kier alpha value is -1.25. The second kappa shape index (κ2) is 4.31. The maximum atomic E-state index is 13.1. The molecule has 76 valence electrons. The summed E-state index contributed by atoms with van der Waals surface area (Å²) in [7, 11) is 0. The topological polar surface area (TPSA) is 17.1 Å². The molecule has 0 aliphatic carbocycles. The molecule has 0 radical (unpaired) electrons. The minimum atomic E-state index is -0.863. The molecule has 1 aromatic rings. The molecule has 0 fully saturated rings. The molecule has 0 saturated carbocycles. The van der Waals surface area contributed by atoms with Crippen molar-refractivity contribution in [3.05, 3.63) is 35.4 Å². The standard InChI is InChI=1S/C11H12F2O/c1-7(8(2)14)6-9-4-3-5-10(12)11(9)13/h3-5,7H,6H2,1-2H3. The van der Waals surface area contributed by atoms with Gasteiger partial charge in [-0.1, -0.05) is 19.1 Å². The van der Waals surface area contributed by atoms with Gasteiger partial charge in [0.1, 0.15) is 5.78 Å². The van der Waals surface area contributed by atoms with Gasteiger partial charge in [-0.3, -0.25) is 4.79 Å². The van der Waals surface area contributed by atoms with Crippen LogP contribution in [0.1, 0.15) is 19.4 Å². The van der Waals surface area contributed by atoms with Gasteiger partial charge in [0.05, 0.1) is 0 Å². The van der Waals surface area contributed by atoms with Crippen LogP contribution in [0.4, 0.5) is 8.78 Å². The normalized spacial score (nSPS) is 12.6. The molecule has 0 N–H and O–H groups in total. The number of hydrogen-bond donors (Lipinski definition) is 0. The van der Waals surface area contributed by atoms with E-state index in [1.807, 2.05) is 0 Å². The van der Waals surface area contributed by atoms with Gasteiger partial charge in [0.25, 0.3) is 0 Å². The molecule has 1 rings (SSSR count). The lowest BCUT2D eigenvalue weighted by atomic mass is 9.97. The van der Waals surface area contributed by atoms with Crippen LogP contribution in [0.5, 0.6) is 0 Å². The second-order valence-corrected chi connectivity index (χ2v) is 3.43. The third kappa shape index (κ3) is 2.37. The highest BCUT2D eigenvalue weighted by molar-refractivity contribution is 5.78. The van der Waals surface area contributed by atoms with E-state index >= 15 is 0 Å². The third-order valence-corrected chi connectivity index (χ3v) is 2.25. The van der Waals surface area contributed by atoms with Crippen LogP contribution in [0.3, 0.4) is 0 Å². The van der Waals surface area contributed by atoms with Gasteiger partial charge >= 0.3 is 0 Å². The van der Waals surface area contributed by atoms with Crippen LogP contribution < -0.4 is 0 Å². The summed E-state index contributed by atoms with van der Waals surface area (Å²) in [6.07, 6.45) is 0.249. The van der Waals surface area contributed by atoms with Crippen molar-refractivity contribution in [2.75, 3.05) is 0 Å². The highest BCUT2D eigenvalue weighted by Gasteiger charge is 2.13. The van der Waals surface area contributed by atoms with E-state index in [1.54, 1.807) is 6.92 Å². The first-order valence-corrected chi connectivity index (χ1v) is 4.45. The van der Waals surface area contributed by atoms with Gasteiger partial charge < -0.3 is 0 Å². The fourth-order valence-electron chi connectivity index (χ4n) is 1.18. The third-order valence-electron chi connectivity index (χ3n) is 2.25. The summed E-state index contributed by atoms with van der Waals surface area (Å²) in [6, 6.07) is 4.01. The zero-order valence-electron chi connectivity index (χ0n) is 8.18. The Morgan fingerprint density at radius 2 is 2.07 bits per heavy atom. The molecule has 1 aromatic carbocycles. The first-order chi connectivity index (χ1) is 6.52. The van der Waals surface area contributed by atoms with Gasteiger partial charge in [0.2, 0.25) is 0 Å². The number of hydrogen-bond acceptors (Lipinski definition) is 1. The lowest BCUT2D eigenvalue weighted by Gasteiger charge is -2.08. The average molecular weight is 198 g/mol. The maximum absolute atomic E-state index is 13.1. The molecular formula is C11H12F2O. The molecule has 0 bridgehead atoms. The lowest BCUT2D eigenvalue weighted by molar-refractivity contribution is -0.120. The number of carbonyl (C=O) groups excluding carboxylic acids is 1. The quantitative estimate of drug-likeness (QED) is 0.729. The maximum Gasteiger partial charge on any atom is 0.162 e. The van der Waals surface area contributed by atoms with Crippen molar-refractivity contribution in [3.8, 4) is 0 Å². The van der Waals surface area contributed by atoms with Gasteiger partial charge in [-0.2, -0.15) is 0 Å². The molecule has 0 aromatic heterocycles. The van der Waals surface area contributed by atoms with Crippen LogP contribution in [-0.4, -0.2) is 5.78 Å². The summed E-state index contributed by atoms with van der Waals surface area (Å²) in [5, 5.41) is 0. The summed E-state index contributed by atoms with van der Waals surface area (Å²) in [4.78, 5) is 10.9. The SMILES string of the molecule is CC(=O)C(C)Cc1cccc(F)c1F. The summed E-state index contributed by atoms with van der Waals surface area (Å²) in [5.41, 5.74) is 0.257. The summed E-state index contributed by atoms with van der Waals surface area (Å²) in [6.45, 7) is 3.15. The highest BCUT2D eigenvalue weighted by atomic mass is 19.2. The summed E-state index contributed by atoms with van der Waals surface area (Å²) < 4.78 is 25.9. The largest absolute Gasteiger partial charge is 0.300 e. The van der Waals surface area contributed by atoms with Gasteiger partial charge in [-0.15, -0.1) is 0 Å².